The van der Waals surface area contributed by atoms with Gasteiger partial charge in [0.05, 0.1) is 29.6 Å². The van der Waals surface area contributed by atoms with Crippen molar-refractivity contribution in [2.45, 2.75) is 6.54 Å². The van der Waals surface area contributed by atoms with Gasteiger partial charge in [-0.15, -0.1) is 0 Å². The lowest BCUT2D eigenvalue weighted by atomic mass is 10.1. The van der Waals surface area contributed by atoms with Crippen LogP contribution in [0, 0.1) is 11.6 Å². The van der Waals surface area contributed by atoms with E-state index in [0.717, 1.165) is 5.56 Å². The molecule has 2 N–H and O–H groups in total. The fourth-order valence-electron chi connectivity index (χ4n) is 2.40. The molecule has 26 heavy (non-hydrogen) atoms. The number of aromatic carboxylic acids is 1. The van der Waals surface area contributed by atoms with Gasteiger partial charge in [-0.3, -0.25) is 9.48 Å². The van der Waals surface area contributed by atoms with Crippen LogP contribution in [0.25, 0.3) is 0 Å². The predicted octanol–water partition coefficient (Wildman–Crippen LogP) is 3.16. The molecular weight excluding hydrogens is 344 g/mol. The zero-order chi connectivity index (χ0) is 18.7. The average Bonchev–Trinajstić information content (AvgIpc) is 3.04. The normalized spacial score (nSPS) is 10.5. The minimum atomic E-state index is -1.53. The average molecular weight is 357 g/mol. The summed E-state index contributed by atoms with van der Waals surface area (Å²) < 4.78 is 28.2. The van der Waals surface area contributed by atoms with Gasteiger partial charge < -0.3 is 10.4 Å². The summed E-state index contributed by atoms with van der Waals surface area (Å²) in [7, 11) is 0. The molecule has 0 fully saturated rings. The summed E-state index contributed by atoms with van der Waals surface area (Å²) >= 11 is 0. The zero-order valence-corrected chi connectivity index (χ0v) is 13.3. The number of benzene rings is 2. The van der Waals surface area contributed by atoms with Crippen LogP contribution in [0.2, 0.25) is 0 Å². The topological polar surface area (TPSA) is 84.2 Å². The number of nitrogens with zero attached hydrogens (tertiary/aromatic N) is 2. The summed E-state index contributed by atoms with van der Waals surface area (Å²) in [5.41, 5.74) is 0.194. The first-order chi connectivity index (χ1) is 12.4. The smallest absolute Gasteiger partial charge is 0.336 e. The van der Waals surface area contributed by atoms with Crippen LogP contribution in [0.3, 0.4) is 0 Å². The first-order valence-electron chi connectivity index (χ1n) is 7.54. The lowest BCUT2D eigenvalue weighted by Gasteiger charge is -2.07. The van der Waals surface area contributed by atoms with Gasteiger partial charge in [-0.25, -0.2) is 13.6 Å². The van der Waals surface area contributed by atoms with Crippen molar-refractivity contribution in [3.8, 4) is 0 Å². The first-order valence-corrected chi connectivity index (χ1v) is 7.54. The number of rotatable bonds is 5. The number of halogens is 2. The minimum absolute atomic E-state index is 0.298. The van der Waals surface area contributed by atoms with Crippen LogP contribution in [-0.2, 0) is 6.54 Å². The lowest BCUT2D eigenvalue weighted by Crippen LogP contribution is -2.17. The van der Waals surface area contributed by atoms with Crippen molar-refractivity contribution >= 4 is 17.6 Å². The van der Waals surface area contributed by atoms with Gasteiger partial charge in [-0.05, 0) is 17.7 Å². The maximum absolute atomic E-state index is 13.4. The Morgan fingerprint density at radius 3 is 2.38 bits per heavy atom. The van der Waals surface area contributed by atoms with Crippen LogP contribution in [0.4, 0.5) is 14.5 Å². The van der Waals surface area contributed by atoms with E-state index in [9.17, 15) is 18.4 Å². The number of amides is 1. The SMILES string of the molecule is O=C(O)c1cc(F)c(F)cc1C(=O)Nc1cnn(Cc2ccccc2)c1. The van der Waals surface area contributed by atoms with Gasteiger partial charge in [0.25, 0.3) is 5.91 Å². The highest BCUT2D eigenvalue weighted by molar-refractivity contribution is 6.10. The molecule has 1 amide bonds. The molecule has 0 unspecified atom stereocenters. The van der Waals surface area contributed by atoms with Crippen molar-refractivity contribution < 1.29 is 23.5 Å². The molecule has 3 rings (SSSR count). The Labute approximate surface area is 146 Å². The predicted molar refractivity (Wildman–Crippen MR) is 89.0 cm³/mol. The molecular formula is C18H13F2N3O3. The summed E-state index contributed by atoms with van der Waals surface area (Å²) in [6.07, 6.45) is 2.92. The quantitative estimate of drug-likeness (QED) is 0.735. The van der Waals surface area contributed by atoms with E-state index in [4.69, 9.17) is 5.11 Å². The fourth-order valence-corrected chi connectivity index (χ4v) is 2.40. The van der Waals surface area contributed by atoms with E-state index in [-0.39, 0.29) is 0 Å². The number of carboxylic acid groups (broad SMARTS) is 1. The van der Waals surface area contributed by atoms with Gasteiger partial charge in [0.1, 0.15) is 0 Å². The number of aromatic nitrogens is 2. The number of anilines is 1. The maximum Gasteiger partial charge on any atom is 0.336 e. The number of carboxylic acids is 1. The molecule has 0 radical (unpaired) electrons. The Kier molecular flexibility index (Phi) is 4.74. The molecule has 8 heteroatoms. The highest BCUT2D eigenvalue weighted by Gasteiger charge is 2.21. The van der Waals surface area contributed by atoms with E-state index in [1.807, 2.05) is 30.3 Å². The standard InChI is InChI=1S/C18H13F2N3O3/c19-15-6-13(14(18(25)26)7-16(15)20)17(24)22-12-8-21-23(10-12)9-11-4-2-1-3-5-11/h1-8,10H,9H2,(H,22,24)(H,25,26). The van der Waals surface area contributed by atoms with Gasteiger partial charge >= 0.3 is 5.97 Å². The molecule has 1 aromatic heterocycles. The molecule has 0 aliphatic heterocycles. The van der Waals surface area contributed by atoms with Gasteiger partial charge in [0.15, 0.2) is 11.6 Å². The van der Waals surface area contributed by atoms with Crippen molar-refractivity contribution in [2.75, 3.05) is 5.32 Å². The first kappa shape index (κ1) is 17.3. The summed E-state index contributed by atoms with van der Waals surface area (Å²) in [4.78, 5) is 23.4. The number of carbonyl (C=O) groups is 2. The third-order valence-electron chi connectivity index (χ3n) is 3.61. The van der Waals surface area contributed by atoms with Crippen molar-refractivity contribution in [3.05, 3.63) is 83.2 Å². The molecule has 0 bridgehead atoms. The van der Waals surface area contributed by atoms with Crippen molar-refractivity contribution in [1.29, 1.82) is 0 Å². The van der Waals surface area contributed by atoms with Crippen LogP contribution >= 0.6 is 0 Å². The largest absolute Gasteiger partial charge is 0.478 e. The van der Waals surface area contributed by atoms with Crippen molar-refractivity contribution in [1.82, 2.24) is 9.78 Å². The van der Waals surface area contributed by atoms with E-state index in [2.05, 4.69) is 10.4 Å². The van der Waals surface area contributed by atoms with Gasteiger partial charge in [0, 0.05) is 6.20 Å². The molecule has 132 valence electrons. The molecule has 0 atom stereocenters. The van der Waals surface area contributed by atoms with Crippen molar-refractivity contribution in [3.63, 3.8) is 0 Å². The molecule has 3 aromatic rings. The molecule has 0 saturated carbocycles. The van der Waals surface area contributed by atoms with Crippen LogP contribution in [0.5, 0.6) is 0 Å². The zero-order valence-electron chi connectivity index (χ0n) is 13.3. The summed E-state index contributed by atoms with van der Waals surface area (Å²) in [5.74, 6) is -5.05. The van der Waals surface area contributed by atoms with Gasteiger partial charge in [0.2, 0.25) is 0 Å². The number of hydrogen-bond donors (Lipinski definition) is 2. The number of nitrogens with one attached hydrogen (secondary N) is 1. The Bertz CT molecular complexity index is 971. The second-order valence-electron chi connectivity index (χ2n) is 5.48. The highest BCUT2D eigenvalue weighted by atomic mass is 19.2. The van der Waals surface area contributed by atoms with Crippen LogP contribution in [0.1, 0.15) is 26.3 Å². The van der Waals surface area contributed by atoms with E-state index < -0.39 is 34.6 Å². The van der Waals surface area contributed by atoms with Gasteiger partial charge in [-0.1, -0.05) is 30.3 Å². The van der Waals surface area contributed by atoms with Gasteiger partial charge in [-0.2, -0.15) is 5.10 Å². The Morgan fingerprint density at radius 1 is 1.08 bits per heavy atom. The number of carbonyl (C=O) groups excluding carboxylic acids is 1. The minimum Gasteiger partial charge on any atom is -0.478 e. The van der Waals surface area contributed by atoms with Crippen molar-refractivity contribution in [2.24, 2.45) is 0 Å². The fraction of sp³-hybridized carbons (Fsp3) is 0.0556. The summed E-state index contributed by atoms with van der Waals surface area (Å²) in [6.45, 7) is 0.474. The second-order valence-corrected chi connectivity index (χ2v) is 5.48. The molecule has 6 nitrogen and oxygen atoms in total. The molecule has 0 aliphatic carbocycles. The lowest BCUT2D eigenvalue weighted by molar-refractivity contribution is 0.0691. The molecule has 0 saturated heterocycles. The summed E-state index contributed by atoms with van der Waals surface area (Å²) in [6, 6.07) is 10.5. The second kappa shape index (κ2) is 7.14. The van der Waals surface area contributed by atoms with E-state index in [1.54, 1.807) is 10.9 Å². The molecule has 1 heterocycles. The van der Waals surface area contributed by atoms with Crippen LogP contribution < -0.4 is 5.32 Å². The molecule has 0 aliphatic rings. The maximum atomic E-state index is 13.4. The Balaban J connectivity index is 1.79. The molecule has 2 aromatic carbocycles. The highest BCUT2D eigenvalue weighted by Crippen LogP contribution is 2.17. The Morgan fingerprint density at radius 2 is 1.73 bits per heavy atom. The molecule has 0 spiro atoms. The van der Waals surface area contributed by atoms with E-state index >= 15 is 0 Å². The van der Waals surface area contributed by atoms with E-state index in [0.29, 0.717) is 24.4 Å². The van der Waals surface area contributed by atoms with Crippen LogP contribution in [0.15, 0.2) is 54.9 Å². The van der Waals surface area contributed by atoms with Crippen LogP contribution in [-0.4, -0.2) is 26.8 Å². The third kappa shape index (κ3) is 3.75. The Hall–Kier alpha value is -3.55. The monoisotopic (exact) mass is 357 g/mol. The number of hydrogen-bond acceptors (Lipinski definition) is 3. The third-order valence-corrected chi connectivity index (χ3v) is 3.61. The summed E-state index contributed by atoms with van der Waals surface area (Å²) in [5, 5.41) is 15.6. The van der Waals surface area contributed by atoms with E-state index in [1.165, 1.54) is 6.20 Å².